The number of likely N-dealkylation sites (tertiary alicyclic amines) is 2. The Morgan fingerprint density at radius 2 is 1.38 bits per heavy atom. The Bertz CT molecular complexity index is 1710. The molecule has 20 nitrogen and oxygen atoms in total. The minimum absolute atomic E-state index is 0.0483. The highest BCUT2D eigenvalue weighted by Gasteiger charge is 2.40. The molecule has 3 aliphatic heterocycles. The number of ether oxygens (including phenoxy) is 2. The van der Waals surface area contributed by atoms with Gasteiger partial charge in [0.2, 0.25) is 28.8 Å². The van der Waals surface area contributed by atoms with Crippen molar-refractivity contribution in [1.82, 2.24) is 67.4 Å². The highest BCUT2D eigenvalue weighted by atomic mass is 32.2. The van der Waals surface area contributed by atoms with Crippen molar-refractivity contribution in [1.29, 1.82) is 0 Å². The predicted molar refractivity (Wildman–Crippen MR) is 219 cm³/mol. The van der Waals surface area contributed by atoms with Crippen molar-refractivity contribution in [2.24, 2.45) is 5.10 Å². The Morgan fingerprint density at radius 3 is 1.88 bits per heavy atom. The van der Waals surface area contributed by atoms with E-state index in [9.17, 15) is 19.2 Å². The monoisotopic (exact) mass is 846 g/mol. The van der Waals surface area contributed by atoms with E-state index in [2.05, 4.69) is 65.6 Å². The van der Waals surface area contributed by atoms with E-state index in [1.54, 1.807) is 61.3 Å². The molecular formula is C36H58N14O6S2. The summed E-state index contributed by atoms with van der Waals surface area (Å²) in [5.74, 6) is -1.21. The first kappa shape index (κ1) is 45.0. The van der Waals surface area contributed by atoms with Gasteiger partial charge in [0.1, 0.15) is 12.1 Å². The molecule has 320 valence electrons. The second-order valence-electron chi connectivity index (χ2n) is 14.6. The fraction of sp³-hybridized carbons (Fsp3) is 0.667. The Balaban J connectivity index is 1.22. The van der Waals surface area contributed by atoms with E-state index >= 15 is 0 Å². The topological polar surface area (TPSA) is 225 Å². The van der Waals surface area contributed by atoms with Crippen LogP contribution in [0, 0.1) is 0 Å². The normalized spacial score (nSPS) is 21.2. The lowest BCUT2D eigenvalue weighted by atomic mass is 10.1. The third kappa shape index (κ3) is 11.8. The lowest BCUT2D eigenvalue weighted by Crippen LogP contribution is -2.59. The number of likely N-dealkylation sites (N-methyl/N-ethyl adjacent to an activating group) is 2. The number of nitrogens with one attached hydrogen (secondary N) is 6. The van der Waals surface area contributed by atoms with Gasteiger partial charge in [-0.1, -0.05) is 18.2 Å². The van der Waals surface area contributed by atoms with Gasteiger partial charge in [-0.05, 0) is 102 Å². The van der Waals surface area contributed by atoms with E-state index in [-0.39, 0.29) is 48.9 Å². The number of thiol groups is 1. The molecule has 0 spiro atoms. The summed E-state index contributed by atoms with van der Waals surface area (Å²) < 4.78 is 14.0. The number of benzene rings is 1. The molecule has 1 aromatic carbocycles. The molecule has 4 heterocycles. The largest absolute Gasteiger partial charge is 0.373 e. The van der Waals surface area contributed by atoms with Crippen LogP contribution in [0.25, 0.3) is 0 Å². The van der Waals surface area contributed by atoms with E-state index in [4.69, 9.17) is 9.47 Å². The molecule has 5 rings (SSSR count). The molecule has 6 N–H and O–H groups in total. The summed E-state index contributed by atoms with van der Waals surface area (Å²) >= 11 is 5.81. The highest BCUT2D eigenvalue weighted by molar-refractivity contribution is 7.99. The number of carbonyl (C=O) groups excluding carboxylic acids is 4. The van der Waals surface area contributed by atoms with Gasteiger partial charge in [0.25, 0.3) is 0 Å². The van der Waals surface area contributed by atoms with E-state index in [1.165, 1.54) is 11.8 Å². The molecule has 0 radical (unpaired) electrons. The smallest absolute Gasteiger partial charge is 0.248 e. The van der Waals surface area contributed by atoms with Crippen molar-refractivity contribution in [2.75, 3.05) is 46.9 Å². The van der Waals surface area contributed by atoms with Gasteiger partial charge in [0, 0.05) is 18.0 Å². The molecule has 2 aromatic rings. The van der Waals surface area contributed by atoms with E-state index < -0.39 is 36.4 Å². The summed E-state index contributed by atoms with van der Waals surface area (Å²) in [6.45, 7) is 8.87. The number of nitrogens with zero attached hydrogens (tertiary/aromatic N) is 8. The van der Waals surface area contributed by atoms with Gasteiger partial charge in [-0.15, -0.1) is 28.4 Å². The van der Waals surface area contributed by atoms with Gasteiger partial charge in [-0.2, -0.15) is 0 Å². The summed E-state index contributed by atoms with van der Waals surface area (Å²) in [6.07, 6.45) is 1.63. The molecule has 0 bridgehead atoms. The molecule has 0 aliphatic carbocycles. The van der Waals surface area contributed by atoms with Crippen molar-refractivity contribution >= 4 is 53.2 Å². The molecule has 2 fully saturated rings. The van der Waals surface area contributed by atoms with Gasteiger partial charge in [-0.3, -0.25) is 24.2 Å². The standard InChI is InChI=1S/C36H58N14O6S2/c1-22(37-5)31(51)39-29(33(53)47-16-10-12-26(47)20-49-35(57)41-43-45-49)24(3)55-18-19-56-25(4)30(40-32(52)23(2)38-6)34(54)48-17-11-13-27(48)21-50-36(42-44-46-50)58-28-14-8-7-9-15-28/h7-9,14-15,22-27,29-30,37-38,43,45H,10-13,16-21H2,1-6H3,(H,39,51)(H,40,52)(H,41,57). The Hall–Kier alpha value is -4.06. The maximum Gasteiger partial charge on any atom is 0.248 e. The fourth-order valence-electron chi connectivity index (χ4n) is 6.99. The molecule has 8 unspecified atom stereocenters. The molecule has 22 heteroatoms. The SMILES string of the molecule is CNC(C)C(=O)NC(C(=O)N1CCCC1CN1NNN=C1S)C(C)OCCOC(C)C(NC(=O)C(C)NC)C(=O)N1CCCC1Cn1nnnc1Sc1ccccc1. The first-order valence-corrected chi connectivity index (χ1v) is 21.0. The maximum absolute atomic E-state index is 14.3. The van der Waals surface area contributed by atoms with Gasteiger partial charge >= 0.3 is 0 Å². The molecule has 58 heavy (non-hydrogen) atoms. The highest BCUT2D eigenvalue weighted by Crippen LogP contribution is 2.27. The number of hydrogen-bond acceptors (Lipinski definition) is 16. The maximum atomic E-state index is 14.3. The Kier molecular flexibility index (Phi) is 16.9. The number of hydrogen-bond donors (Lipinski definition) is 7. The van der Waals surface area contributed by atoms with Crippen LogP contribution in [0.1, 0.15) is 53.4 Å². The third-order valence-corrected chi connectivity index (χ3v) is 12.0. The third-order valence-electron chi connectivity index (χ3n) is 10.7. The quantitative estimate of drug-likeness (QED) is 0.0612. The number of hydrazine groups is 2. The van der Waals surface area contributed by atoms with Crippen LogP contribution in [-0.4, -0.2) is 159 Å². The molecule has 4 amide bonds. The van der Waals surface area contributed by atoms with Gasteiger partial charge in [-0.25, -0.2) is 10.2 Å². The van der Waals surface area contributed by atoms with E-state index in [1.807, 2.05) is 30.3 Å². The van der Waals surface area contributed by atoms with Crippen molar-refractivity contribution in [3.63, 3.8) is 0 Å². The van der Waals surface area contributed by atoms with Crippen molar-refractivity contribution < 1.29 is 28.7 Å². The van der Waals surface area contributed by atoms with Crippen molar-refractivity contribution in [3.8, 4) is 0 Å². The number of hydrazone groups is 1. The zero-order chi connectivity index (χ0) is 41.8. The molecule has 8 atom stereocenters. The van der Waals surface area contributed by atoms with Crippen molar-refractivity contribution in [3.05, 3.63) is 30.3 Å². The number of amides is 4. The van der Waals surface area contributed by atoms with Crippen LogP contribution in [0.3, 0.4) is 0 Å². The van der Waals surface area contributed by atoms with Gasteiger partial charge in [0.15, 0.2) is 5.17 Å². The lowest BCUT2D eigenvalue weighted by molar-refractivity contribution is -0.144. The zero-order valence-electron chi connectivity index (χ0n) is 34.0. The molecule has 2 saturated heterocycles. The number of amidine groups is 1. The van der Waals surface area contributed by atoms with Crippen LogP contribution >= 0.6 is 24.4 Å². The number of aromatic nitrogens is 4. The minimum atomic E-state index is -1.000. The number of rotatable bonds is 21. The molecule has 1 aromatic heterocycles. The summed E-state index contributed by atoms with van der Waals surface area (Å²) in [5.41, 5.74) is 5.56. The van der Waals surface area contributed by atoms with Crippen LogP contribution in [0.5, 0.6) is 0 Å². The summed E-state index contributed by atoms with van der Waals surface area (Å²) in [4.78, 5) is 59.2. The second-order valence-corrected chi connectivity index (χ2v) is 16.0. The van der Waals surface area contributed by atoms with Crippen LogP contribution in [0.4, 0.5) is 0 Å². The summed E-state index contributed by atoms with van der Waals surface area (Å²) in [7, 11) is 3.34. The van der Waals surface area contributed by atoms with Crippen molar-refractivity contribution in [2.45, 2.75) is 118 Å². The first-order valence-electron chi connectivity index (χ1n) is 19.7. The van der Waals surface area contributed by atoms with E-state index in [0.29, 0.717) is 36.5 Å². The van der Waals surface area contributed by atoms with Crippen LogP contribution in [0.2, 0.25) is 0 Å². The zero-order valence-corrected chi connectivity index (χ0v) is 35.7. The van der Waals surface area contributed by atoms with Crippen LogP contribution < -0.4 is 32.3 Å². The number of tetrazole rings is 1. The average Bonchev–Trinajstić information content (AvgIpc) is 4.07. The molecule has 3 aliphatic rings. The molecular weight excluding hydrogens is 789 g/mol. The average molecular weight is 847 g/mol. The predicted octanol–water partition coefficient (Wildman–Crippen LogP) is -0.672. The lowest BCUT2D eigenvalue weighted by Gasteiger charge is -2.34. The van der Waals surface area contributed by atoms with Crippen LogP contribution in [0.15, 0.2) is 45.5 Å². The minimum Gasteiger partial charge on any atom is -0.373 e. The Morgan fingerprint density at radius 1 is 0.845 bits per heavy atom. The first-order chi connectivity index (χ1) is 27.9. The summed E-state index contributed by atoms with van der Waals surface area (Å²) in [6, 6.07) is 6.37. The number of carbonyl (C=O) groups is 4. The molecule has 0 saturated carbocycles. The van der Waals surface area contributed by atoms with Gasteiger partial charge < -0.3 is 40.5 Å². The second kappa shape index (κ2) is 21.8. The fourth-order valence-corrected chi connectivity index (χ4v) is 7.97. The van der Waals surface area contributed by atoms with Gasteiger partial charge in [0.05, 0.1) is 62.7 Å². The van der Waals surface area contributed by atoms with Crippen LogP contribution in [-0.2, 0) is 35.2 Å². The van der Waals surface area contributed by atoms with E-state index in [0.717, 1.165) is 30.6 Å². The summed E-state index contributed by atoms with van der Waals surface area (Å²) in [5, 5.41) is 30.8. The Labute approximate surface area is 349 Å².